The highest BCUT2D eigenvalue weighted by atomic mass is 79.9. The summed E-state index contributed by atoms with van der Waals surface area (Å²) in [7, 11) is 0. The summed E-state index contributed by atoms with van der Waals surface area (Å²) < 4.78 is 19.2. The van der Waals surface area contributed by atoms with Crippen molar-refractivity contribution in [2.75, 3.05) is 11.9 Å². The molecule has 1 aromatic carbocycles. The zero-order valence-electron chi connectivity index (χ0n) is 10.8. The van der Waals surface area contributed by atoms with E-state index in [0.717, 1.165) is 18.2 Å². The Morgan fingerprint density at radius 2 is 2.05 bits per heavy atom. The molecule has 4 heteroatoms. The molecule has 0 aromatic heterocycles. The molecular formula is C15H17BrFNO. The number of benzene rings is 1. The van der Waals surface area contributed by atoms with Gasteiger partial charge in [-0.3, -0.25) is 0 Å². The van der Waals surface area contributed by atoms with Crippen molar-refractivity contribution < 1.29 is 9.13 Å². The molecule has 2 nitrogen and oxygen atoms in total. The second kappa shape index (κ2) is 6.38. The smallest absolute Gasteiger partial charge is 0.144 e. The van der Waals surface area contributed by atoms with E-state index in [2.05, 4.69) is 15.9 Å². The summed E-state index contributed by atoms with van der Waals surface area (Å²) in [5.74, 6) is -0.0149. The van der Waals surface area contributed by atoms with E-state index in [0.29, 0.717) is 12.4 Å². The Hall–Kier alpha value is -1.08. The lowest BCUT2D eigenvalue weighted by Crippen LogP contribution is -2.32. The number of nitrogens with zero attached hydrogens (tertiary/aromatic N) is 1. The number of nitriles is 1. The monoisotopic (exact) mass is 325 g/mol. The Kier molecular flexibility index (Phi) is 4.81. The summed E-state index contributed by atoms with van der Waals surface area (Å²) in [6, 6.07) is 6.23. The molecule has 0 heterocycles. The van der Waals surface area contributed by atoms with Crippen LogP contribution in [0, 0.1) is 22.6 Å². The van der Waals surface area contributed by atoms with Gasteiger partial charge in [0.25, 0.3) is 0 Å². The molecule has 1 saturated carbocycles. The largest absolute Gasteiger partial charge is 0.493 e. The molecular weight excluding hydrogens is 309 g/mol. The summed E-state index contributed by atoms with van der Waals surface area (Å²) in [6.45, 7) is 0.601. The van der Waals surface area contributed by atoms with Crippen molar-refractivity contribution in [1.82, 2.24) is 0 Å². The lowest BCUT2D eigenvalue weighted by Gasteiger charge is -2.35. The maximum Gasteiger partial charge on any atom is 0.144 e. The third-order valence-corrected chi connectivity index (χ3v) is 4.99. The Labute approximate surface area is 121 Å². The highest BCUT2D eigenvalue weighted by molar-refractivity contribution is 9.09. The van der Waals surface area contributed by atoms with Crippen molar-refractivity contribution in [3.63, 3.8) is 0 Å². The zero-order chi connectivity index (χ0) is 13.7. The van der Waals surface area contributed by atoms with Crippen molar-refractivity contribution >= 4 is 15.9 Å². The molecule has 102 valence electrons. The molecule has 1 fully saturated rings. The summed E-state index contributed by atoms with van der Waals surface area (Å²) in [6.07, 6.45) is 6.06. The predicted molar refractivity (Wildman–Crippen MR) is 75.9 cm³/mol. The fourth-order valence-corrected chi connectivity index (χ4v) is 3.25. The van der Waals surface area contributed by atoms with Crippen molar-refractivity contribution in [2.45, 2.75) is 32.1 Å². The standard InChI is InChI=1S/C15H17BrFNO/c16-10-15(6-2-1-3-7-15)11-19-13-5-4-12(9-18)14(17)8-13/h4-5,8H,1-3,6-7,10-11H2. The van der Waals surface area contributed by atoms with Crippen LogP contribution in [-0.4, -0.2) is 11.9 Å². The molecule has 0 saturated heterocycles. The predicted octanol–water partition coefficient (Wildman–Crippen LogP) is 4.42. The SMILES string of the molecule is N#Cc1ccc(OCC2(CBr)CCCCC2)cc1F. The normalized spacial score (nSPS) is 17.7. The highest BCUT2D eigenvalue weighted by Crippen LogP contribution is 2.38. The van der Waals surface area contributed by atoms with Crippen LogP contribution in [0.15, 0.2) is 18.2 Å². The minimum absolute atomic E-state index is 0.0558. The van der Waals surface area contributed by atoms with Crippen LogP contribution in [0.3, 0.4) is 0 Å². The first-order chi connectivity index (χ1) is 9.19. The van der Waals surface area contributed by atoms with Crippen LogP contribution in [0.1, 0.15) is 37.7 Å². The molecule has 0 aliphatic heterocycles. The van der Waals surface area contributed by atoms with E-state index >= 15 is 0 Å². The van der Waals surface area contributed by atoms with Gasteiger partial charge in [0.2, 0.25) is 0 Å². The molecule has 0 spiro atoms. The van der Waals surface area contributed by atoms with Crippen LogP contribution in [0.4, 0.5) is 4.39 Å². The van der Waals surface area contributed by atoms with Crippen molar-refractivity contribution in [2.24, 2.45) is 5.41 Å². The first-order valence-corrected chi connectivity index (χ1v) is 7.70. The fourth-order valence-electron chi connectivity index (χ4n) is 2.53. The van der Waals surface area contributed by atoms with Crippen molar-refractivity contribution in [1.29, 1.82) is 5.26 Å². The average molecular weight is 326 g/mol. The molecule has 1 aliphatic carbocycles. The van der Waals surface area contributed by atoms with E-state index < -0.39 is 5.82 Å². The Bertz CT molecular complexity index is 478. The first-order valence-electron chi connectivity index (χ1n) is 6.57. The molecule has 2 rings (SSSR count). The molecule has 0 atom stereocenters. The van der Waals surface area contributed by atoms with Gasteiger partial charge in [-0.2, -0.15) is 5.26 Å². The van der Waals surface area contributed by atoms with Gasteiger partial charge in [-0.05, 0) is 25.0 Å². The van der Waals surface area contributed by atoms with Crippen molar-refractivity contribution in [3.05, 3.63) is 29.6 Å². The summed E-state index contributed by atoms with van der Waals surface area (Å²) in [5, 5.41) is 9.60. The lowest BCUT2D eigenvalue weighted by atomic mass is 9.76. The van der Waals surface area contributed by atoms with Gasteiger partial charge in [0.1, 0.15) is 17.6 Å². The van der Waals surface area contributed by atoms with Crippen LogP contribution >= 0.6 is 15.9 Å². The second-order valence-electron chi connectivity index (χ2n) is 5.24. The number of rotatable bonds is 4. The van der Waals surface area contributed by atoms with E-state index in [1.165, 1.54) is 31.4 Å². The number of ether oxygens (including phenoxy) is 1. The number of hydrogen-bond acceptors (Lipinski definition) is 2. The lowest BCUT2D eigenvalue weighted by molar-refractivity contribution is 0.121. The van der Waals surface area contributed by atoms with Gasteiger partial charge in [0.05, 0.1) is 12.2 Å². The molecule has 0 bridgehead atoms. The topological polar surface area (TPSA) is 33.0 Å². The zero-order valence-corrected chi connectivity index (χ0v) is 12.4. The summed E-state index contributed by atoms with van der Waals surface area (Å²) >= 11 is 3.58. The molecule has 1 aromatic rings. The van der Waals surface area contributed by atoms with Gasteiger partial charge in [0, 0.05) is 16.8 Å². The molecule has 0 N–H and O–H groups in total. The molecule has 0 radical (unpaired) electrons. The minimum atomic E-state index is -0.517. The minimum Gasteiger partial charge on any atom is -0.493 e. The van der Waals surface area contributed by atoms with Crippen LogP contribution in [0.2, 0.25) is 0 Å². The maximum atomic E-state index is 13.5. The Morgan fingerprint density at radius 1 is 1.32 bits per heavy atom. The molecule has 1 aliphatic rings. The number of halogens is 2. The first kappa shape index (κ1) is 14.3. The maximum absolute atomic E-state index is 13.5. The van der Waals surface area contributed by atoms with Gasteiger partial charge >= 0.3 is 0 Å². The highest BCUT2D eigenvalue weighted by Gasteiger charge is 2.31. The number of alkyl halides is 1. The van der Waals surface area contributed by atoms with Crippen LogP contribution in [0.25, 0.3) is 0 Å². The van der Waals surface area contributed by atoms with Crippen molar-refractivity contribution in [3.8, 4) is 11.8 Å². The van der Waals surface area contributed by atoms with E-state index in [1.54, 1.807) is 6.07 Å². The average Bonchev–Trinajstić information content (AvgIpc) is 2.46. The molecule has 0 amide bonds. The van der Waals surface area contributed by atoms with E-state index in [9.17, 15) is 4.39 Å². The Balaban J connectivity index is 2.01. The third kappa shape index (κ3) is 3.48. The number of hydrogen-bond donors (Lipinski definition) is 0. The summed E-state index contributed by atoms with van der Waals surface area (Å²) in [4.78, 5) is 0. The van der Waals surface area contributed by atoms with Gasteiger partial charge in [-0.15, -0.1) is 0 Å². The fraction of sp³-hybridized carbons (Fsp3) is 0.533. The second-order valence-corrected chi connectivity index (χ2v) is 5.80. The van der Waals surface area contributed by atoms with Crippen LogP contribution < -0.4 is 4.74 Å². The van der Waals surface area contributed by atoms with Gasteiger partial charge in [-0.1, -0.05) is 35.2 Å². The Morgan fingerprint density at radius 3 is 2.63 bits per heavy atom. The van der Waals surface area contributed by atoms with Gasteiger partial charge < -0.3 is 4.74 Å². The molecule has 19 heavy (non-hydrogen) atoms. The van der Waals surface area contributed by atoms with Gasteiger partial charge in [0.15, 0.2) is 0 Å². The van der Waals surface area contributed by atoms with E-state index in [-0.39, 0.29) is 11.0 Å². The van der Waals surface area contributed by atoms with E-state index in [1.807, 2.05) is 6.07 Å². The van der Waals surface area contributed by atoms with Gasteiger partial charge in [-0.25, -0.2) is 4.39 Å². The van der Waals surface area contributed by atoms with Crippen LogP contribution in [-0.2, 0) is 0 Å². The third-order valence-electron chi connectivity index (χ3n) is 3.80. The van der Waals surface area contributed by atoms with Crippen LogP contribution in [0.5, 0.6) is 5.75 Å². The quantitative estimate of drug-likeness (QED) is 0.767. The molecule has 0 unspecified atom stereocenters. The van der Waals surface area contributed by atoms with E-state index in [4.69, 9.17) is 10.00 Å². The summed E-state index contributed by atoms with van der Waals surface area (Å²) in [5.41, 5.74) is 0.225.